The van der Waals surface area contributed by atoms with Crippen molar-refractivity contribution >= 4 is 17.7 Å². The van der Waals surface area contributed by atoms with Crippen molar-refractivity contribution < 1.29 is 39.1 Å². The molecule has 0 saturated carbocycles. The Bertz CT molecular complexity index is 1990. The maximum atomic E-state index is 14.6. The highest BCUT2D eigenvalue weighted by Gasteiger charge is 2.61. The molecule has 0 aromatic heterocycles. The number of ether oxygens (including phenoxy) is 4. The molecular formula is C38H43N3O8S. The average Bonchev–Trinajstić information content (AvgIpc) is 3.58. The number of piperazine rings is 1. The Morgan fingerprint density at radius 1 is 0.980 bits per heavy atom. The third kappa shape index (κ3) is 4.11. The molecule has 0 aliphatic carbocycles. The number of hydrogen-bond acceptors (Lipinski definition) is 12. The summed E-state index contributed by atoms with van der Waals surface area (Å²) in [5, 5.41) is 38.4. The van der Waals surface area contributed by atoms with Crippen molar-refractivity contribution in [3.8, 4) is 28.7 Å². The zero-order valence-electron chi connectivity index (χ0n) is 29.1. The number of nitrogens with one attached hydrogen (secondary N) is 1. The van der Waals surface area contributed by atoms with E-state index in [1.807, 2.05) is 27.0 Å². The maximum absolute atomic E-state index is 14.6. The SMILES string of the molecule is COc1c(C)cc2c(c1O)[C@H]1C3[C@@H]4SC[C@]5(NCCc6cc(O)c(C)cc65)C(=O)OC[C@@H](c5c6c(c(C)c(C)c54)OCO6)N3[C@@H](O)[C@@H](C2)N1C. The Labute approximate surface area is 295 Å². The van der Waals surface area contributed by atoms with Crippen molar-refractivity contribution in [3.63, 3.8) is 0 Å². The second-order valence-corrected chi connectivity index (χ2v) is 15.9. The van der Waals surface area contributed by atoms with Crippen molar-refractivity contribution in [1.29, 1.82) is 0 Å². The summed E-state index contributed by atoms with van der Waals surface area (Å²) in [5.41, 5.74) is 8.01. The molecule has 2 saturated heterocycles. The van der Waals surface area contributed by atoms with Crippen molar-refractivity contribution in [3.05, 3.63) is 73.8 Å². The summed E-state index contributed by atoms with van der Waals surface area (Å²) in [4.78, 5) is 18.9. The predicted octanol–water partition coefficient (Wildman–Crippen LogP) is 4.10. The third-order valence-corrected chi connectivity index (χ3v) is 13.9. The summed E-state index contributed by atoms with van der Waals surface area (Å²) in [6.45, 7) is 8.58. The highest BCUT2D eigenvalue weighted by molar-refractivity contribution is 7.99. The summed E-state index contributed by atoms with van der Waals surface area (Å²) >= 11 is 1.66. The average molecular weight is 702 g/mol. The molecule has 7 heterocycles. The first-order valence-electron chi connectivity index (χ1n) is 17.3. The van der Waals surface area contributed by atoms with E-state index in [2.05, 4.69) is 35.0 Å². The Kier molecular flexibility index (Phi) is 7.20. The molecule has 7 atom stereocenters. The van der Waals surface area contributed by atoms with E-state index < -0.39 is 17.8 Å². The molecule has 0 amide bonds. The lowest BCUT2D eigenvalue weighted by atomic mass is 9.72. The number of phenolic OH excluding ortho intramolecular Hbond substituents is 2. The molecular weight excluding hydrogens is 658 g/mol. The number of phenols is 2. The number of hydrogen-bond donors (Lipinski definition) is 4. The Morgan fingerprint density at radius 3 is 2.54 bits per heavy atom. The van der Waals surface area contributed by atoms with Crippen LogP contribution in [-0.4, -0.2) is 89.3 Å². The summed E-state index contributed by atoms with van der Waals surface area (Å²) in [6.07, 6.45) is 0.294. The first-order chi connectivity index (χ1) is 24.0. The Balaban J connectivity index is 1.30. The minimum Gasteiger partial charge on any atom is -0.508 e. The number of aryl methyl sites for hydroxylation is 2. The van der Waals surface area contributed by atoms with Gasteiger partial charge in [0.1, 0.15) is 18.6 Å². The normalized spacial score (nSPS) is 31.1. The second-order valence-electron chi connectivity index (χ2n) is 14.7. The van der Waals surface area contributed by atoms with Gasteiger partial charge in [-0.3, -0.25) is 15.1 Å². The number of carbonyl (C=O) groups is 1. The first-order valence-corrected chi connectivity index (χ1v) is 18.4. The molecule has 4 bridgehead atoms. The standard InChI is InChI=1S/C38H43N3O8S/c1-16-10-22-20(12-25(16)42)7-8-39-38(22)14-50-35-26-18(3)19(4)33-34(49-15-48-33)28(26)24(13-47-37(38)45)41-30(35)29-27-21(11-23(36(41)44)40(29)5)9-17(2)32(46-6)31(27)43/h9-10,12,23-24,29-30,35-36,39,42-44H,7-8,11,13-15H2,1-6H3/t23-,24+,29+,30?,35-,36+,38-/m1/s1. The lowest BCUT2D eigenvalue weighted by Crippen LogP contribution is -2.70. The van der Waals surface area contributed by atoms with Gasteiger partial charge in [-0.25, -0.2) is 4.79 Å². The van der Waals surface area contributed by atoms with Crippen LogP contribution in [0.5, 0.6) is 28.7 Å². The van der Waals surface area contributed by atoms with Crippen LogP contribution >= 0.6 is 11.8 Å². The van der Waals surface area contributed by atoms with Gasteiger partial charge in [0.25, 0.3) is 0 Å². The summed E-state index contributed by atoms with van der Waals surface area (Å²) in [7, 11) is 3.62. The van der Waals surface area contributed by atoms with E-state index in [4.69, 9.17) is 18.9 Å². The molecule has 1 spiro atoms. The molecule has 7 aliphatic heterocycles. The van der Waals surface area contributed by atoms with E-state index >= 15 is 0 Å². The van der Waals surface area contributed by atoms with Crippen LogP contribution in [0.3, 0.4) is 0 Å². The van der Waals surface area contributed by atoms with E-state index in [1.54, 1.807) is 24.9 Å². The van der Waals surface area contributed by atoms with E-state index in [-0.39, 0.29) is 54.2 Å². The topological polar surface area (TPSA) is 133 Å². The number of likely N-dealkylation sites (N-methyl/N-ethyl adjacent to an activating group) is 1. The van der Waals surface area contributed by atoms with Gasteiger partial charge in [-0.2, -0.15) is 0 Å². The molecule has 3 aromatic rings. The van der Waals surface area contributed by atoms with Gasteiger partial charge in [0.05, 0.1) is 25.2 Å². The van der Waals surface area contributed by atoms with Crippen LogP contribution in [0.1, 0.15) is 73.0 Å². The molecule has 7 aliphatic rings. The largest absolute Gasteiger partial charge is 0.508 e. The quantitative estimate of drug-likeness (QED) is 0.273. The molecule has 3 aromatic carbocycles. The fraction of sp³-hybridized carbons (Fsp3) is 0.500. The van der Waals surface area contributed by atoms with Gasteiger partial charge in [0, 0.05) is 34.7 Å². The lowest BCUT2D eigenvalue weighted by Gasteiger charge is -2.62. The highest BCUT2D eigenvalue weighted by atomic mass is 32.2. The molecule has 264 valence electrons. The van der Waals surface area contributed by atoms with Gasteiger partial charge in [0.2, 0.25) is 6.79 Å². The van der Waals surface area contributed by atoms with Crippen molar-refractivity contribution in [2.75, 3.05) is 39.9 Å². The second kappa shape index (κ2) is 11.2. The number of aliphatic hydroxyl groups excluding tert-OH is 1. The summed E-state index contributed by atoms with van der Waals surface area (Å²) in [6, 6.07) is 4.28. The summed E-state index contributed by atoms with van der Waals surface area (Å²) < 4.78 is 24.4. The van der Waals surface area contributed by atoms with Crippen LogP contribution in [-0.2, 0) is 27.9 Å². The molecule has 50 heavy (non-hydrogen) atoms. The van der Waals surface area contributed by atoms with Gasteiger partial charge in [-0.05, 0) is 104 Å². The molecule has 0 radical (unpaired) electrons. The van der Waals surface area contributed by atoms with E-state index in [1.165, 1.54) is 0 Å². The van der Waals surface area contributed by atoms with Crippen LogP contribution in [0.15, 0.2) is 18.2 Å². The van der Waals surface area contributed by atoms with Gasteiger partial charge >= 0.3 is 5.97 Å². The lowest BCUT2D eigenvalue weighted by molar-refractivity contribution is -0.186. The molecule has 10 rings (SSSR count). The van der Waals surface area contributed by atoms with Crippen LogP contribution < -0.4 is 19.5 Å². The third-order valence-electron chi connectivity index (χ3n) is 12.4. The zero-order chi connectivity index (χ0) is 35.0. The Morgan fingerprint density at radius 2 is 1.76 bits per heavy atom. The maximum Gasteiger partial charge on any atom is 0.331 e. The Hall–Kier alpha value is -3.68. The van der Waals surface area contributed by atoms with Gasteiger partial charge in [0.15, 0.2) is 28.5 Å². The van der Waals surface area contributed by atoms with Crippen LogP contribution in [0.25, 0.3) is 0 Å². The number of esters is 1. The number of thioether (sulfide) groups is 1. The van der Waals surface area contributed by atoms with Gasteiger partial charge in [-0.15, -0.1) is 11.8 Å². The number of carbonyl (C=O) groups excluding carboxylic acids is 1. The molecule has 12 heteroatoms. The van der Waals surface area contributed by atoms with Gasteiger partial charge in [-0.1, -0.05) is 6.07 Å². The van der Waals surface area contributed by atoms with Crippen molar-refractivity contribution in [2.24, 2.45) is 0 Å². The molecule has 4 N–H and O–H groups in total. The fourth-order valence-electron chi connectivity index (χ4n) is 9.92. The number of nitrogens with zero attached hydrogens (tertiary/aromatic N) is 2. The minimum absolute atomic E-state index is 0.0237. The van der Waals surface area contributed by atoms with E-state index in [0.717, 1.165) is 50.1 Å². The van der Waals surface area contributed by atoms with Crippen LogP contribution in [0, 0.1) is 27.7 Å². The number of aromatic hydroxyl groups is 2. The fourth-order valence-corrected chi connectivity index (χ4v) is 11.7. The number of aliphatic hydroxyl groups is 1. The molecule has 1 unspecified atom stereocenters. The highest BCUT2D eigenvalue weighted by Crippen LogP contribution is 2.63. The number of methoxy groups -OCH3 is 1. The van der Waals surface area contributed by atoms with Crippen LogP contribution in [0.2, 0.25) is 0 Å². The summed E-state index contributed by atoms with van der Waals surface area (Å²) in [5.74, 6) is 2.09. The van der Waals surface area contributed by atoms with Crippen molar-refractivity contribution in [2.45, 2.75) is 81.7 Å². The first kappa shape index (κ1) is 32.2. The molecule has 2 fully saturated rings. The number of benzene rings is 3. The predicted molar refractivity (Wildman–Crippen MR) is 186 cm³/mol. The minimum atomic E-state index is -1.16. The van der Waals surface area contributed by atoms with E-state index in [0.29, 0.717) is 48.0 Å². The number of fused-ring (bicyclic) bond motifs is 9. The molecule has 11 nitrogen and oxygen atoms in total. The zero-order valence-corrected chi connectivity index (χ0v) is 29.9. The van der Waals surface area contributed by atoms with Crippen molar-refractivity contribution in [1.82, 2.24) is 15.1 Å². The smallest absolute Gasteiger partial charge is 0.331 e. The van der Waals surface area contributed by atoms with Crippen LogP contribution in [0.4, 0.5) is 0 Å². The van der Waals surface area contributed by atoms with Gasteiger partial charge < -0.3 is 34.3 Å². The van der Waals surface area contributed by atoms with E-state index in [9.17, 15) is 20.1 Å². The monoisotopic (exact) mass is 701 g/mol. The number of rotatable bonds is 1.